The first kappa shape index (κ1) is 15.0. The van der Waals surface area contributed by atoms with Crippen molar-refractivity contribution in [3.8, 4) is 5.69 Å². The number of aryl methyl sites for hydroxylation is 2. The number of benzene rings is 1. The van der Waals surface area contributed by atoms with Crippen LogP contribution in [0.2, 0.25) is 0 Å². The molecule has 2 aromatic heterocycles. The van der Waals surface area contributed by atoms with Crippen LogP contribution in [0.25, 0.3) is 5.69 Å². The Hall–Kier alpha value is -2.89. The standard InChI is InChI=1S/C17H19N5O/c1-13-11-21(2)20-16(13)17(23)18-9-8-14-10-19-22(12-14)15-6-4-3-5-7-15/h3-7,10-12H,8-9H2,1-2H3,(H,18,23). The molecule has 1 aromatic carbocycles. The number of para-hydroxylation sites is 1. The molecule has 0 saturated carbocycles. The second-order valence-electron chi connectivity index (χ2n) is 5.47. The van der Waals surface area contributed by atoms with Gasteiger partial charge in [-0.1, -0.05) is 18.2 Å². The van der Waals surface area contributed by atoms with Crippen LogP contribution in [0.5, 0.6) is 0 Å². The monoisotopic (exact) mass is 309 g/mol. The fourth-order valence-electron chi connectivity index (χ4n) is 2.45. The summed E-state index contributed by atoms with van der Waals surface area (Å²) in [5, 5.41) is 11.4. The third kappa shape index (κ3) is 3.48. The van der Waals surface area contributed by atoms with Gasteiger partial charge in [0.1, 0.15) is 0 Å². The number of hydrogen-bond donors (Lipinski definition) is 1. The zero-order valence-electron chi connectivity index (χ0n) is 13.2. The first-order chi connectivity index (χ1) is 11.1. The number of carbonyl (C=O) groups is 1. The minimum atomic E-state index is -0.140. The van der Waals surface area contributed by atoms with Crippen molar-refractivity contribution < 1.29 is 4.79 Å². The summed E-state index contributed by atoms with van der Waals surface area (Å²) >= 11 is 0. The average molecular weight is 309 g/mol. The van der Waals surface area contributed by atoms with Crippen LogP contribution in [-0.4, -0.2) is 32.0 Å². The maximum atomic E-state index is 12.1. The van der Waals surface area contributed by atoms with Gasteiger partial charge in [-0.2, -0.15) is 10.2 Å². The lowest BCUT2D eigenvalue weighted by molar-refractivity contribution is 0.0948. The van der Waals surface area contributed by atoms with Crippen molar-refractivity contribution in [1.29, 1.82) is 0 Å². The first-order valence-electron chi connectivity index (χ1n) is 7.51. The predicted octanol–water partition coefficient (Wildman–Crippen LogP) is 1.89. The van der Waals surface area contributed by atoms with Crippen molar-refractivity contribution in [1.82, 2.24) is 24.9 Å². The molecule has 0 radical (unpaired) electrons. The summed E-state index contributed by atoms with van der Waals surface area (Å²) in [6, 6.07) is 9.94. The molecule has 0 aliphatic rings. The topological polar surface area (TPSA) is 64.7 Å². The molecular weight excluding hydrogens is 290 g/mol. The summed E-state index contributed by atoms with van der Waals surface area (Å²) in [6.45, 7) is 2.43. The van der Waals surface area contributed by atoms with Gasteiger partial charge in [-0.3, -0.25) is 9.48 Å². The maximum absolute atomic E-state index is 12.1. The highest BCUT2D eigenvalue weighted by atomic mass is 16.1. The van der Waals surface area contributed by atoms with Gasteiger partial charge < -0.3 is 5.32 Å². The molecule has 1 amide bonds. The Morgan fingerprint density at radius 1 is 1.22 bits per heavy atom. The fourth-order valence-corrected chi connectivity index (χ4v) is 2.45. The molecule has 0 aliphatic heterocycles. The number of hydrogen-bond acceptors (Lipinski definition) is 3. The molecule has 3 rings (SSSR count). The van der Waals surface area contributed by atoms with E-state index in [9.17, 15) is 4.79 Å². The van der Waals surface area contributed by atoms with E-state index in [1.807, 2.05) is 67.6 Å². The van der Waals surface area contributed by atoms with E-state index in [1.165, 1.54) is 0 Å². The van der Waals surface area contributed by atoms with Gasteiger partial charge in [0.15, 0.2) is 5.69 Å². The molecule has 0 unspecified atom stereocenters. The minimum absolute atomic E-state index is 0.140. The Morgan fingerprint density at radius 3 is 2.70 bits per heavy atom. The number of amides is 1. The number of aromatic nitrogens is 4. The summed E-state index contributed by atoms with van der Waals surface area (Å²) in [5.74, 6) is -0.140. The molecule has 6 nitrogen and oxygen atoms in total. The number of carbonyl (C=O) groups excluding carboxylic acids is 1. The van der Waals surface area contributed by atoms with E-state index in [2.05, 4.69) is 15.5 Å². The molecule has 0 spiro atoms. The van der Waals surface area contributed by atoms with Gasteiger partial charge in [0.25, 0.3) is 5.91 Å². The van der Waals surface area contributed by atoms with Crippen LogP contribution in [-0.2, 0) is 13.5 Å². The number of rotatable bonds is 5. The van der Waals surface area contributed by atoms with Crippen LogP contribution in [0.4, 0.5) is 0 Å². The Labute approximate surface area is 134 Å². The van der Waals surface area contributed by atoms with E-state index in [-0.39, 0.29) is 5.91 Å². The van der Waals surface area contributed by atoms with Crippen LogP contribution >= 0.6 is 0 Å². The molecular formula is C17H19N5O. The van der Waals surface area contributed by atoms with E-state index in [1.54, 1.807) is 4.68 Å². The average Bonchev–Trinajstić information content (AvgIpc) is 3.14. The van der Waals surface area contributed by atoms with Crippen LogP contribution in [0.15, 0.2) is 48.9 Å². The van der Waals surface area contributed by atoms with E-state index < -0.39 is 0 Å². The SMILES string of the molecule is Cc1cn(C)nc1C(=O)NCCc1cnn(-c2ccccc2)c1. The van der Waals surface area contributed by atoms with Crippen LogP contribution < -0.4 is 5.32 Å². The zero-order valence-corrected chi connectivity index (χ0v) is 13.2. The van der Waals surface area contributed by atoms with E-state index >= 15 is 0 Å². The van der Waals surface area contributed by atoms with Gasteiger partial charge in [0.05, 0.1) is 11.9 Å². The van der Waals surface area contributed by atoms with Gasteiger partial charge in [-0.15, -0.1) is 0 Å². The van der Waals surface area contributed by atoms with Gasteiger partial charge in [-0.25, -0.2) is 4.68 Å². The number of nitrogens with zero attached hydrogens (tertiary/aromatic N) is 4. The largest absolute Gasteiger partial charge is 0.350 e. The smallest absolute Gasteiger partial charge is 0.272 e. The van der Waals surface area contributed by atoms with E-state index in [0.29, 0.717) is 12.2 Å². The van der Waals surface area contributed by atoms with Crippen LogP contribution in [0.3, 0.4) is 0 Å². The van der Waals surface area contributed by atoms with Gasteiger partial charge in [0.2, 0.25) is 0 Å². The second-order valence-corrected chi connectivity index (χ2v) is 5.47. The maximum Gasteiger partial charge on any atom is 0.272 e. The second kappa shape index (κ2) is 6.48. The van der Waals surface area contributed by atoms with Crippen LogP contribution in [0, 0.1) is 6.92 Å². The summed E-state index contributed by atoms with van der Waals surface area (Å²) in [6.07, 6.45) is 6.36. The molecule has 0 aliphatic carbocycles. The Morgan fingerprint density at radius 2 is 2.00 bits per heavy atom. The predicted molar refractivity (Wildman–Crippen MR) is 87.5 cm³/mol. The van der Waals surface area contributed by atoms with Crippen LogP contribution in [0.1, 0.15) is 21.6 Å². The number of nitrogens with one attached hydrogen (secondary N) is 1. The fraction of sp³-hybridized carbons (Fsp3) is 0.235. The lowest BCUT2D eigenvalue weighted by atomic mass is 10.2. The van der Waals surface area contributed by atoms with Crippen molar-refractivity contribution >= 4 is 5.91 Å². The summed E-state index contributed by atoms with van der Waals surface area (Å²) in [4.78, 5) is 12.1. The van der Waals surface area contributed by atoms with E-state index in [4.69, 9.17) is 0 Å². The summed E-state index contributed by atoms with van der Waals surface area (Å²) < 4.78 is 3.48. The van der Waals surface area contributed by atoms with Crippen molar-refractivity contribution in [3.63, 3.8) is 0 Å². The lowest BCUT2D eigenvalue weighted by Crippen LogP contribution is -2.26. The highest BCUT2D eigenvalue weighted by Gasteiger charge is 2.12. The van der Waals surface area contributed by atoms with Crippen molar-refractivity contribution in [2.24, 2.45) is 7.05 Å². The summed E-state index contributed by atoms with van der Waals surface area (Å²) in [7, 11) is 1.81. The molecule has 118 valence electrons. The third-order valence-corrected chi connectivity index (χ3v) is 3.58. The molecule has 0 fully saturated rings. The third-order valence-electron chi connectivity index (χ3n) is 3.58. The highest BCUT2D eigenvalue weighted by molar-refractivity contribution is 5.93. The van der Waals surface area contributed by atoms with Crippen molar-refractivity contribution in [2.75, 3.05) is 6.54 Å². The van der Waals surface area contributed by atoms with E-state index in [0.717, 1.165) is 23.2 Å². The van der Waals surface area contributed by atoms with Gasteiger partial charge in [-0.05, 0) is 31.0 Å². The minimum Gasteiger partial charge on any atom is -0.350 e. The van der Waals surface area contributed by atoms with Crippen molar-refractivity contribution in [2.45, 2.75) is 13.3 Å². The molecule has 0 atom stereocenters. The molecule has 0 saturated heterocycles. The molecule has 6 heteroatoms. The molecule has 23 heavy (non-hydrogen) atoms. The summed E-state index contributed by atoms with van der Waals surface area (Å²) in [5.41, 5.74) is 3.45. The van der Waals surface area contributed by atoms with Crippen molar-refractivity contribution in [3.05, 3.63) is 65.7 Å². The first-order valence-corrected chi connectivity index (χ1v) is 7.51. The molecule has 1 N–H and O–H groups in total. The Kier molecular flexibility index (Phi) is 4.23. The van der Waals surface area contributed by atoms with Gasteiger partial charge in [0, 0.05) is 31.5 Å². The normalized spacial score (nSPS) is 10.7. The van der Waals surface area contributed by atoms with Gasteiger partial charge >= 0.3 is 0 Å². The highest BCUT2D eigenvalue weighted by Crippen LogP contribution is 2.08. The lowest BCUT2D eigenvalue weighted by Gasteiger charge is -2.02. The molecule has 2 heterocycles. The zero-order chi connectivity index (χ0) is 16.2. The Balaban J connectivity index is 1.56. The molecule has 0 bridgehead atoms. The Bertz CT molecular complexity index is 804. The molecule has 3 aromatic rings. The quantitative estimate of drug-likeness (QED) is 0.783.